The number of hydrogen-bond acceptors (Lipinski definition) is 0. The molecule has 1 nitrogen and oxygen atoms in total. The molecule has 0 bridgehead atoms. The molecule has 0 atom stereocenters. The second-order valence-corrected chi connectivity index (χ2v) is 11.0. The van der Waals surface area contributed by atoms with Crippen LogP contribution in [0.4, 0.5) is 0 Å². The maximum Gasteiger partial charge on any atom is 0.0386 e. The lowest BCUT2D eigenvalue weighted by atomic mass is 9.66. The zero-order valence-electron chi connectivity index (χ0n) is 21.0. The van der Waals surface area contributed by atoms with Gasteiger partial charge in [-0.2, -0.15) is 0 Å². The molecule has 0 spiro atoms. The van der Waals surface area contributed by atoms with Crippen LogP contribution in [-0.4, -0.2) is 4.57 Å². The number of nitrogens with zero attached hydrogens (tertiary/aromatic N) is 1. The van der Waals surface area contributed by atoms with Crippen LogP contribution < -0.4 is 0 Å². The standard InChI is InChI=1S/C26H49N/c1-14-24(10,11)27-19(6)20(25(12,15-2)16-3)21(22(27)23(7,8)9)26(13,17-4)18-5/h14-18H2,1-13H3. The lowest BCUT2D eigenvalue weighted by Gasteiger charge is -2.39. The van der Waals surface area contributed by atoms with E-state index in [1.165, 1.54) is 31.4 Å². The minimum atomic E-state index is 0.124. The van der Waals surface area contributed by atoms with Gasteiger partial charge in [-0.1, -0.05) is 69.2 Å². The van der Waals surface area contributed by atoms with E-state index < -0.39 is 0 Å². The Morgan fingerprint density at radius 1 is 0.593 bits per heavy atom. The maximum atomic E-state index is 2.74. The van der Waals surface area contributed by atoms with Crippen molar-refractivity contribution >= 4 is 0 Å². The van der Waals surface area contributed by atoms with E-state index in [2.05, 4.69) is 94.6 Å². The summed E-state index contributed by atoms with van der Waals surface area (Å²) in [5.74, 6) is 0. The van der Waals surface area contributed by atoms with Crippen molar-refractivity contribution in [1.29, 1.82) is 0 Å². The van der Waals surface area contributed by atoms with Gasteiger partial charge in [-0.25, -0.2) is 0 Å². The second kappa shape index (κ2) is 7.96. The maximum absolute atomic E-state index is 2.74. The molecule has 0 fully saturated rings. The minimum Gasteiger partial charge on any atom is -0.342 e. The van der Waals surface area contributed by atoms with E-state index in [9.17, 15) is 0 Å². The quantitative estimate of drug-likeness (QED) is 0.430. The van der Waals surface area contributed by atoms with Crippen molar-refractivity contribution in [3.63, 3.8) is 0 Å². The molecule has 1 heteroatoms. The summed E-state index contributed by atoms with van der Waals surface area (Å²) in [5, 5.41) is 0. The summed E-state index contributed by atoms with van der Waals surface area (Å²) >= 11 is 0. The lowest BCUT2D eigenvalue weighted by molar-refractivity contribution is 0.304. The predicted octanol–water partition coefficient (Wildman–Crippen LogP) is 8.39. The molecular weight excluding hydrogens is 326 g/mol. The Morgan fingerprint density at radius 3 is 1.26 bits per heavy atom. The van der Waals surface area contributed by atoms with Crippen molar-refractivity contribution in [3.05, 3.63) is 22.5 Å². The Balaban J connectivity index is 4.28. The van der Waals surface area contributed by atoms with Crippen LogP contribution >= 0.6 is 0 Å². The SMILES string of the molecule is CCC(C)(CC)c1c(C(C)(CC)CC)c(C(C)(C)C)n(C(C)(C)CC)c1C. The molecule has 0 radical (unpaired) electrons. The summed E-state index contributed by atoms with van der Waals surface area (Å²) in [6, 6.07) is 0. The fourth-order valence-electron chi connectivity index (χ4n) is 4.85. The van der Waals surface area contributed by atoms with Crippen LogP contribution in [0.3, 0.4) is 0 Å². The summed E-state index contributed by atoms with van der Waals surface area (Å²) in [5.41, 5.74) is 7.14. The summed E-state index contributed by atoms with van der Waals surface area (Å²) in [6.45, 7) is 31.4. The van der Waals surface area contributed by atoms with Gasteiger partial charge in [0.05, 0.1) is 0 Å². The van der Waals surface area contributed by atoms with Gasteiger partial charge in [0, 0.05) is 22.3 Å². The van der Waals surface area contributed by atoms with Crippen LogP contribution in [0, 0.1) is 6.92 Å². The van der Waals surface area contributed by atoms with E-state index in [0.717, 1.165) is 6.42 Å². The van der Waals surface area contributed by atoms with E-state index in [4.69, 9.17) is 0 Å². The molecule has 1 rings (SSSR count). The van der Waals surface area contributed by atoms with Crippen LogP contribution in [-0.2, 0) is 21.8 Å². The fraction of sp³-hybridized carbons (Fsp3) is 0.846. The van der Waals surface area contributed by atoms with Gasteiger partial charge in [-0.3, -0.25) is 0 Å². The molecule has 0 amide bonds. The number of rotatable bonds is 8. The molecule has 0 aromatic carbocycles. The first kappa shape index (κ1) is 24.3. The lowest BCUT2D eigenvalue weighted by Crippen LogP contribution is -2.34. The summed E-state index contributed by atoms with van der Waals surface area (Å²) in [6.07, 6.45) is 5.93. The first-order chi connectivity index (χ1) is 12.2. The van der Waals surface area contributed by atoms with E-state index >= 15 is 0 Å². The first-order valence-corrected chi connectivity index (χ1v) is 11.5. The molecule has 0 aliphatic carbocycles. The van der Waals surface area contributed by atoms with Gasteiger partial charge in [0.1, 0.15) is 0 Å². The van der Waals surface area contributed by atoms with Gasteiger partial charge in [-0.05, 0) is 74.8 Å². The number of aromatic nitrogens is 1. The van der Waals surface area contributed by atoms with E-state index in [1.807, 2.05) is 0 Å². The highest BCUT2D eigenvalue weighted by Crippen LogP contribution is 2.50. The van der Waals surface area contributed by atoms with Crippen LogP contribution in [0.2, 0.25) is 0 Å². The fourth-order valence-corrected chi connectivity index (χ4v) is 4.85. The Labute approximate surface area is 171 Å². The average Bonchev–Trinajstić information content (AvgIpc) is 2.95. The van der Waals surface area contributed by atoms with Crippen molar-refractivity contribution in [2.75, 3.05) is 0 Å². The Hall–Kier alpha value is -0.720. The summed E-state index contributed by atoms with van der Waals surface area (Å²) in [4.78, 5) is 0. The highest BCUT2D eigenvalue weighted by atomic mass is 15.1. The van der Waals surface area contributed by atoms with Gasteiger partial charge in [0.25, 0.3) is 0 Å². The van der Waals surface area contributed by atoms with E-state index in [-0.39, 0.29) is 21.8 Å². The molecule has 0 saturated heterocycles. The molecule has 27 heavy (non-hydrogen) atoms. The van der Waals surface area contributed by atoms with E-state index in [0.29, 0.717) is 0 Å². The van der Waals surface area contributed by atoms with Crippen molar-refractivity contribution in [1.82, 2.24) is 4.57 Å². The van der Waals surface area contributed by atoms with Crippen LogP contribution in [0.5, 0.6) is 0 Å². The monoisotopic (exact) mass is 375 g/mol. The molecule has 1 aromatic heterocycles. The van der Waals surface area contributed by atoms with E-state index in [1.54, 1.807) is 16.8 Å². The molecule has 0 aliphatic rings. The highest BCUT2D eigenvalue weighted by Gasteiger charge is 2.43. The largest absolute Gasteiger partial charge is 0.342 e. The zero-order chi connectivity index (χ0) is 21.4. The van der Waals surface area contributed by atoms with Gasteiger partial charge in [-0.15, -0.1) is 0 Å². The highest BCUT2D eigenvalue weighted by molar-refractivity contribution is 5.51. The second-order valence-electron chi connectivity index (χ2n) is 11.0. The molecule has 0 unspecified atom stereocenters. The average molecular weight is 376 g/mol. The topological polar surface area (TPSA) is 4.93 Å². The van der Waals surface area contributed by atoms with Gasteiger partial charge < -0.3 is 4.57 Å². The molecule has 0 saturated carbocycles. The van der Waals surface area contributed by atoms with Crippen molar-refractivity contribution < 1.29 is 0 Å². The predicted molar refractivity (Wildman–Crippen MR) is 123 cm³/mol. The first-order valence-electron chi connectivity index (χ1n) is 11.5. The molecule has 1 heterocycles. The Morgan fingerprint density at radius 2 is 0.963 bits per heavy atom. The summed E-state index contributed by atoms with van der Waals surface area (Å²) in [7, 11) is 0. The molecule has 0 aliphatic heterocycles. The van der Waals surface area contributed by atoms with Crippen LogP contribution in [0.1, 0.15) is 138 Å². The third kappa shape index (κ3) is 4.03. The smallest absolute Gasteiger partial charge is 0.0386 e. The Bertz CT molecular complexity index is 628. The zero-order valence-corrected chi connectivity index (χ0v) is 21.0. The molecule has 158 valence electrons. The third-order valence-electron chi connectivity index (χ3n) is 7.92. The van der Waals surface area contributed by atoms with Gasteiger partial charge in [0.15, 0.2) is 0 Å². The minimum absolute atomic E-state index is 0.124. The van der Waals surface area contributed by atoms with Crippen molar-refractivity contribution in [2.45, 2.75) is 144 Å². The number of hydrogen-bond donors (Lipinski definition) is 0. The van der Waals surface area contributed by atoms with Crippen LogP contribution in [0.25, 0.3) is 0 Å². The molecule has 0 N–H and O–H groups in total. The molecular formula is C26H49N. The van der Waals surface area contributed by atoms with Crippen LogP contribution in [0.15, 0.2) is 0 Å². The normalized spacial score (nSPS) is 14.1. The molecule has 1 aromatic rings. The summed E-state index contributed by atoms with van der Waals surface area (Å²) < 4.78 is 2.74. The Kier molecular flexibility index (Phi) is 7.17. The van der Waals surface area contributed by atoms with Crippen molar-refractivity contribution in [3.8, 4) is 0 Å². The third-order valence-corrected chi connectivity index (χ3v) is 7.92. The van der Waals surface area contributed by atoms with Gasteiger partial charge >= 0.3 is 0 Å². The van der Waals surface area contributed by atoms with Gasteiger partial charge in [0.2, 0.25) is 0 Å². The van der Waals surface area contributed by atoms with Crippen molar-refractivity contribution in [2.24, 2.45) is 0 Å².